The zero-order valence-corrected chi connectivity index (χ0v) is 30.1. The van der Waals surface area contributed by atoms with Crippen LogP contribution in [-0.4, -0.2) is 72.4 Å². The molecule has 268 valence electrons. The van der Waals surface area contributed by atoms with E-state index in [2.05, 4.69) is 22.4 Å². The molecule has 6 rings (SSSR count). The fourth-order valence-electron chi connectivity index (χ4n) is 7.36. The topological polar surface area (TPSA) is 149 Å². The van der Waals surface area contributed by atoms with Crippen molar-refractivity contribution < 1.29 is 37.1 Å². The highest BCUT2D eigenvalue weighted by Crippen LogP contribution is 2.57. The lowest BCUT2D eigenvalue weighted by Crippen LogP contribution is -2.48. The monoisotopic (exact) mass is 705 g/mol. The number of cyclic esters (lactones) is 1. The maximum absolute atomic E-state index is 14.5. The van der Waals surface area contributed by atoms with Crippen LogP contribution >= 0.6 is 0 Å². The van der Waals surface area contributed by atoms with Crippen molar-refractivity contribution >= 4 is 50.4 Å². The molecule has 5 atom stereocenters. The molecule has 4 bridgehead atoms. The molecular formula is C38H47N3O8S. The molecule has 3 heterocycles. The summed E-state index contributed by atoms with van der Waals surface area (Å²) in [5.41, 5.74) is 0.0753. The third-order valence-corrected chi connectivity index (χ3v) is 12.4. The third-order valence-electron chi connectivity index (χ3n) is 10.6. The predicted octanol–water partition coefficient (Wildman–Crippen LogP) is 5.05. The van der Waals surface area contributed by atoms with Crippen LogP contribution in [0.4, 0.5) is 0 Å². The van der Waals surface area contributed by atoms with Crippen molar-refractivity contribution in [3.8, 4) is 5.88 Å². The summed E-state index contributed by atoms with van der Waals surface area (Å²) in [5, 5.41) is 1.18. The number of Topliss-reactive ketones (excluding diaryl/α,β-unsaturated/α-hetero) is 1. The SMILES string of the molecule is C=C[C@@H]1C[C@]1(CC(=O)[C@@H]1C[C@@H]2CN1C(=O)[C@H](C(C)(C)C)CC(=O)OCCC/C=C/c1cc(C)c3ccnc(c3c1)O2)C(=O)NS(=O)(=O)C1CC1. The standard InChI is InChI=1S/C38H47N3O8S/c1-6-25-20-38(25,36(45)40-50(46,47)27-11-12-27)21-32(42)31-18-26-22-41(31)35(44)30(37(3,4)5)19-33(43)48-15-9-7-8-10-24-16-23(2)28-13-14-39-34(49-26)29(28)17-24/h6,8,10,13-14,16-17,25-27,30-31H,1,7,9,11-12,15,18-22H2,2-5H3,(H,40,45)/b10-8+/t25-,26-,30-,31+,38-/m1/s1. The zero-order valence-electron chi connectivity index (χ0n) is 29.3. The van der Waals surface area contributed by atoms with E-state index < -0.39 is 56.0 Å². The van der Waals surface area contributed by atoms with Gasteiger partial charge >= 0.3 is 5.97 Å². The molecule has 1 aromatic carbocycles. The summed E-state index contributed by atoms with van der Waals surface area (Å²) < 4.78 is 39.7. The van der Waals surface area contributed by atoms with E-state index in [1.807, 2.05) is 52.0 Å². The molecule has 0 radical (unpaired) electrons. The van der Waals surface area contributed by atoms with Crippen LogP contribution in [0.1, 0.15) is 83.3 Å². The van der Waals surface area contributed by atoms with Crippen molar-refractivity contribution in [2.45, 2.75) is 96.5 Å². The number of fused-ring (bicyclic) bond motifs is 3. The van der Waals surface area contributed by atoms with Gasteiger partial charge in [-0.3, -0.25) is 23.9 Å². The van der Waals surface area contributed by atoms with Gasteiger partial charge in [0.1, 0.15) is 6.10 Å². The van der Waals surface area contributed by atoms with Gasteiger partial charge in [-0.1, -0.05) is 45.1 Å². The maximum atomic E-state index is 14.5. The summed E-state index contributed by atoms with van der Waals surface area (Å²) >= 11 is 0. The van der Waals surface area contributed by atoms with Gasteiger partial charge in [0.2, 0.25) is 27.7 Å². The van der Waals surface area contributed by atoms with E-state index >= 15 is 0 Å². The Morgan fingerprint density at radius 3 is 2.62 bits per heavy atom. The van der Waals surface area contributed by atoms with Crippen molar-refractivity contribution in [1.29, 1.82) is 0 Å². The minimum Gasteiger partial charge on any atom is -0.472 e. The molecule has 12 heteroatoms. The number of aryl methyl sites for hydroxylation is 1. The number of nitrogens with one attached hydrogen (secondary N) is 1. The number of allylic oxidation sites excluding steroid dienone is 2. The van der Waals surface area contributed by atoms with Crippen LogP contribution in [0.2, 0.25) is 0 Å². The Labute approximate surface area is 293 Å². The Bertz CT molecular complexity index is 1860. The summed E-state index contributed by atoms with van der Waals surface area (Å²) in [6.45, 7) is 11.7. The van der Waals surface area contributed by atoms with Gasteiger partial charge in [-0.25, -0.2) is 13.4 Å². The molecule has 11 nitrogen and oxygen atoms in total. The molecule has 50 heavy (non-hydrogen) atoms. The number of benzene rings is 1. The minimum atomic E-state index is -3.84. The Kier molecular flexibility index (Phi) is 9.71. The van der Waals surface area contributed by atoms with Crippen LogP contribution in [0.25, 0.3) is 16.8 Å². The number of carbonyl (C=O) groups excluding carboxylic acids is 4. The number of esters is 1. The van der Waals surface area contributed by atoms with E-state index in [1.54, 1.807) is 12.3 Å². The second-order valence-corrected chi connectivity index (χ2v) is 17.4. The van der Waals surface area contributed by atoms with Crippen LogP contribution in [-0.2, 0) is 33.9 Å². The number of sulfonamides is 1. The molecule has 1 N–H and O–H groups in total. The predicted molar refractivity (Wildman–Crippen MR) is 188 cm³/mol. The average Bonchev–Trinajstić information content (AvgIpc) is 3.97. The van der Waals surface area contributed by atoms with E-state index in [0.717, 1.165) is 21.9 Å². The van der Waals surface area contributed by atoms with Gasteiger partial charge in [-0.05, 0) is 79.0 Å². The molecule has 1 saturated heterocycles. The number of pyridine rings is 1. The van der Waals surface area contributed by atoms with Crippen molar-refractivity contribution in [1.82, 2.24) is 14.6 Å². The number of hydrogen-bond donors (Lipinski definition) is 1. The average molecular weight is 706 g/mol. The lowest BCUT2D eigenvalue weighted by atomic mass is 9.77. The molecule has 2 saturated carbocycles. The van der Waals surface area contributed by atoms with Gasteiger partial charge in [0.25, 0.3) is 0 Å². The Morgan fingerprint density at radius 1 is 1.18 bits per heavy atom. The van der Waals surface area contributed by atoms with E-state index in [0.29, 0.717) is 31.6 Å². The van der Waals surface area contributed by atoms with Gasteiger partial charge in [0.05, 0.1) is 42.2 Å². The first kappa shape index (κ1) is 35.8. The van der Waals surface area contributed by atoms with Crippen LogP contribution < -0.4 is 9.46 Å². The first-order valence-electron chi connectivity index (χ1n) is 17.5. The van der Waals surface area contributed by atoms with Crippen LogP contribution in [0.15, 0.2) is 43.1 Å². The fraction of sp³-hybridized carbons (Fsp3) is 0.553. The largest absolute Gasteiger partial charge is 0.472 e. The van der Waals surface area contributed by atoms with Gasteiger partial charge in [-0.2, -0.15) is 0 Å². The molecule has 1 aromatic heterocycles. The first-order valence-corrected chi connectivity index (χ1v) is 19.1. The van der Waals surface area contributed by atoms with E-state index in [-0.39, 0.29) is 56.4 Å². The van der Waals surface area contributed by atoms with Crippen molar-refractivity contribution in [2.24, 2.45) is 22.7 Å². The number of nitrogens with zero attached hydrogens (tertiary/aromatic N) is 2. The second-order valence-electron chi connectivity index (χ2n) is 15.4. The molecule has 3 fully saturated rings. The number of carbonyl (C=O) groups is 4. The number of hydrogen-bond acceptors (Lipinski definition) is 9. The lowest BCUT2D eigenvalue weighted by Gasteiger charge is -2.34. The highest BCUT2D eigenvalue weighted by atomic mass is 32.2. The van der Waals surface area contributed by atoms with Gasteiger partial charge in [-0.15, -0.1) is 6.58 Å². The smallest absolute Gasteiger partial charge is 0.306 e. The summed E-state index contributed by atoms with van der Waals surface area (Å²) in [6, 6.07) is 5.03. The molecule has 2 aliphatic carbocycles. The molecule has 2 aromatic rings. The highest BCUT2D eigenvalue weighted by molar-refractivity contribution is 7.90. The van der Waals surface area contributed by atoms with E-state index in [4.69, 9.17) is 9.47 Å². The van der Waals surface area contributed by atoms with Gasteiger partial charge in [0.15, 0.2) is 5.78 Å². The highest BCUT2D eigenvalue weighted by Gasteiger charge is 2.61. The number of ketones is 1. The van der Waals surface area contributed by atoms with Crippen LogP contribution in [0.5, 0.6) is 5.88 Å². The summed E-state index contributed by atoms with van der Waals surface area (Å²) in [4.78, 5) is 61.5. The fourth-order valence-corrected chi connectivity index (χ4v) is 8.74. The number of aromatic nitrogens is 1. The summed E-state index contributed by atoms with van der Waals surface area (Å²) in [7, 11) is -3.84. The van der Waals surface area contributed by atoms with Crippen molar-refractivity contribution in [3.63, 3.8) is 0 Å². The number of amides is 2. The van der Waals surface area contributed by atoms with E-state index in [9.17, 15) is 27.6 Å². The zero-order chi connectivity index (χ0) is 36.0. The van der Waals surface area contributed by atoms with Gasteiger partial charge < -0.3 is 14.4 Å². The quantitative estimate of drug-likeness (QED) is 0.309. The Balaban J connectivity index is 1.35. The molecule has 4 aliphatic rings. The number of rotatable bonds is 7. The Morgan fingerprint density at radius 2 is 1.94 bits per heavy atom. The van der Waals surface area contributed by atoms with Crippen molar-refractivity contribution in [3.05, 3.63) is 54.3 Å². The lowest BCUT2D eigenvalue weighted by molar-refractivity contribution is -0.153. The molecule has 0 spiro atoms. The van der Waals surface area contributed by atoms with Crippen LogP contribution in [0, 0.1) is 29.6 Å². The van der Waals surface area contributed by atoms with Gasteiger partial charge in [0, 0.05) is 24.4 Å². The molecule has 2 aliphatic heterocycles. The minimum absolute atomic E-state index is 0.0631. The Hall–Kier alpha value is -4.06. The molecule has 2 amide bonds. The summed E-state index contributed by atoms with van der Waals surface area (Å²) in [6.07, 6.45) is 8.98. The molecular weight excluding hydrogens is 658 g/mol. The molecule has 0 unspecified atom stereocenters. The van der Waals surface area contributed by atoms with Crippen molar-refractivity contribution in [2.75, 3.05) is 13.2 Å². The summed E-state index contributed by atoms with van der Waals surface area (Å²) in [5.74, 6) is -2.74. The number of ether oxygens (including phenoxy) is 2. The first-order chi connectivity index (χ1) is 23.6. The maximum Gasteiger partial charge on any atom is 0.306 e. The third kappa shape index (κ3) is 7.36. The van der Waals surface area contributed by atoms with E-state index in [1.165, 1.54) is 4.90 Å². The second kappa shape index (κ2) is 13.6. The van der Waals surface area contributed by atoms with Crippen LogP contribution in [0.3, 0.4) is 0 Å². The normalized spacial score (nSPS) is 28.3.